The summed E-state index contributed by atoms with van der Waals surface area (Å²) >= 11 is 0. The van der Waals surface area contributed by atoms with Gasteiger partial charge in [0.1, 0.15) is 0 Å². The van der Waals surface area contributed by atoms with Crippen LogP contribution in [0.3, 0.4) is 0 Å². The van der Waals surface area contributed by atoms with Gasteiger partial charge in [-0.15, -0.1) is 0 Å². The fourth-order valence-corrected chi connectivity index (χ4v) is 3.80. The summed E-state index contributed by atoms with van der Waals surface area (Å²) in [5, 5.41) is 4.02. The van der Waals surface area contributed by atoms with Crippen LogP contribution in [0.15, 0.2) is 4.52 Å². The lowest BCUT2D eigenvalue weighted by molar-refractivity contribution is 0.187. The first-order valence-electron chi connectivity index (χ1n) is 8.10. The van der Waals surface area contributed by atoms with Gasteiger partial charge in [-0.1, -0.05) is 37.3 Å². The molecule has 1 saturated heterocycles. The molecule has 5 heteroatoms. The predicted octanol–water partition coefficient (Wildman–Crippen LogP) is 2.46. The largest absolute Gasteiger partial charge is 0.338 e. The van der Waals surface area contributed by atoms with Gasteiger partial charge in [0.05, 0.1) is 13.1 Å². The predicted molar refractivity (Wildman–Crippen MR) is 76.8 cm³/mol. The standard InChI is InChI=1S/C15H26N4O/c16-10-15-17-14(18-20-15)11-19-8-4-7-13(19)9-12-5-2-1-3-6-12/h12-13H,1-11,16H2. The Bertz CT molecular complexity index is 414. The second-order valence-electron chi connectivity index (χ2n) is 6.31. The minimum atomic E-state index is 0.332. The van der Waals surface area contributed by atoms with Gasteiger partial charge in [-0.2, -0.15) is 4.98 Å². The van der Waals surface area contributed by atoms with Crippen LogP contribution in [0.1, 0.15) is 63.1 Å². The lowest BCUT2D eigenvalue weighted by Gasteiger charge is -2.29. The highest BCUT2D eigenvalue weighted by Gasteiger charge is 2.28. The van der Waals surface area contributed by atoms with E-state index in [1.165, 1.54) is 57.9 Å². The fraction of sp³-hybridized carbons (Fsp3) is 0.867. The van der Waals surface area contributed by atoms with Crippen LogP contribution in [0.25, 0.3) is 0 Å². The third-order valence-corrected chi connectivity index (χ3v) is 4.86. The average molecular weight is 278 g/mol. The van der Waals surface area contributed by atoms with Gasteiger partial charge in [0.15, 0.2) is 5.82 Å². The molecule has 2 N–H and O–H groups in total. The molecule has 2 heterocycles. The Balaban J connectivity index is 1.54. The minimum Gasteiger partial charge on any atom is -0.338 e. The number of rotatable bonds is 5. The minimum absolute atomic E-state index is 0.332. The van der Waals surface area contributed by atoms with Gasteiger partial charge in [-0.3, -0.25) is 4.90 Å². The lowest BCUT2D eigenvalue weighted by atomic mass is 9.84. The molecule has 0 aromatic carbocycles. The molecule has 2 aliphatic rings. The van der Waals surface area contributed by atoms with E-state index in [0.717, 1.165) is 24.3 Å². The number of nitrogens with two attached hydrogens (primary N) is 1. The van der Waals surface area contributed by atoms with Crippen molar-refractivity contribution in [3.8, 4) is 0 Å². The summed E-state index contributed by atoms with van der Waals surface area (Å²) in [5.74, 6) is 2.28. The van der Waals surface area contributed by atoms with E-state index in [4.69, 9.17) is 10.3 Å². The topological polar surface area (TPSA) is 68.2 Å². The van der Waals surface area contributed by atoms with Gasteiger partial charge < -0.3 is 10.3 Å². The van der Waals surface area contributed by atoms with Crippen molar-refractivity contribution in [3.05, 3.63) is 11.7 Å². The van der Waals surface area contributed by atoms with Crippen molar-refractivity contribution in [2.24, 2.45) is 11.7 Å². The third kappa shape index (κ3) is 3.38. The van der Waals surface area contributed by atoms with E-state index in [0.29, 0.717) is 12.4 Å². The SMILES string of the molecule is NCc1nc(CN2CCCC2CC2CCCCC2)no1. The van der Waals surface area contributed by atoms with Crippen LogP contribution >= 0.6 is 0 Å². The normalized spacial score (nSPS) is 25.4. The van der Waals surface area contributed by atoms with Crippen molar-refractivity contribution < 1.29 is 4.52 Å². The number of likely N-dealkylation sites (tertiary alicyclic amines) is 1. The van der Waals surface area contributed by atoms with E-state index in [9.17, 15) is 0 Å². The zero-order chi connectivity index (χ0) is 13.8. The van der Waals surface area contributed by atoms with Gasteiger partial charge in [0, 0.05) is 6.04 Å². The monoisotopic (exact) mass is 278 g/mol. The van der Waals surface area contributed by atoms with E-state index in [1.807, 2.05) is 0 Å². The Kier molecular flexibility index (Phi) is 4.68. The molecule has 0 spiro atoms. The Morgan fingerprint density at radius 2 is 2.00 bits per heavy atom. The molecule has 1 aromatic heterocycles. The molecule has 0 bridgehead atoms. The zero-order valence-electron chi connectivity index (χ0n) is 12.3. The highest BCUT2D eigenvalue weighted by atomic mass is 16.5. The van der Waals surface area contributed by atoms with Crippen molar-refractivity contribution in [1.82, 2.24) is 15.0 Å². The molecule has 2 fully saturated rings. The second-order valence-corrected chi connectivity index (χ2v) is 6.31. The van der Waals surface area contributed by atoms with Crippen molar-refractivity contribution in [1.29, 1.82) is 0 Å². The van der Waals surface area contributed by atoms with Crippen LogP contribution in [-0.2, 0) is 13.1 Å². The number of nitrogens with zero attached hydrogens (tertiary/aromatic N) is 3. The Labute approximate surface area is 120 Å². The van der Waals surface area contributed by atoms with E-state index < -0.39 is 0 Å². The maximum atomic E-state index is 5.51. The summed E-state index contributed by atoms with van der Waals surface area (Å²) in [7, 11) is 0. The molecular formula is C15H26N4O. The van der Waals surface area contributed by atoms with Crippen molar-refractivity contribution >= 4 is 0 Å². The molecular weight excluding hydrogens is 252 g/mol. The second kappa shape index (κ2) is 6.68. The van der Waals surface area contributed by atoms with E-state index >= 15 is 0 Å². The molecule has 0 radical (unpaired) electrons. The molecule has 1 atom stereocenters. The maximum Gasteiger partial charge on any atom is 0.240 e. The average Bonchev–Trinajstić information content (AvgIpc) is 3.10. The van der Waals surface area contributed by atoms with Crippen LogP contribution < -0.4 is 5.73 Å². The summed E-state index contributed by atoms with van der Waals surface area (Å²) in [4.78, 5) is 6.87. The third-order valence-electron chi connectivity index (χ3n) is 4.86. The van der Waals surface area contributed by atoms with Crippen molar-refractivity contribution in [2.75, 3.05) is 6.54 Å². The fourth-order valence-electron chi connectivity index (χ4n) is 3.80. The van der Waals surface area contributed by atoms with E-state index in [1.54, 1.807) is 0 Å². The van der Waals surface area contributed by atoms with Gasteiger partial charge in [0.2, 0.25) is 5.89 Å². The van der Waals surface area contributed by atoms with Crippen LogP contribution in [-0.4, -0.2) is 27.6 Å². The molecule has 0 amide bonds. The Morgan fingerprint density at radius 3 is 2.75 bits per heavy atom. The highest BCUT2D eigenvalue weighted by molar-refractivity contribution is 4.90. The van der Waals surface area contributed by atoms with Gasteiger partial charge in [0.25, 0.3) is 0 Å². The van der Waals surface area contributed by atoms with E-state index in [2.05, 4.69) is 15.0 Å². The molecule has 1 aliphatic heterocycles. The first-order chi connectivity index (χ1) is 9.85. The summed E-state index contributed by atoms with van der Waals surface area (Å²) in [6, 6.07) is 0.720. The first-order valence-corrected chi connectivity index (χ1v) is 8.10. The van der Waals surface area contributed by atoms with Crippen molar-refractivity contribution in [2.45, 2.75) is 70.5 Å². The molecule has 1 unspecified atom stereocenters. The van der Waals surface area contributed by atoms with Crippen molar-refractivity contribution in [3.63, 3.8) is 0 Å². The highest BCUT2D eigenvalue weighted by Crippen LogP contribution is 2.32. The summed E-state index contributed by atoms with van der Waals surface area (Å²) in [5.41, 5.74) is 5.51. The number of hydrogen-bond acceptors (Lipinski definition) is 5. The maximum absolute atomic E-state index is 5.51. The smallest absolute Gasteiger partial charge is 0.240 e. The summed E-state index contributed by atoms with van der Waals surface area (Å²) in [6.07, 6.45) is 11.2. The molecule has 3 rings (SSSR count). The van der Waals surface area contributed by atoms with Crippen LogP contribution in [0.4, 0.5) is 0 Å². The molecule has 5 nitrogen and oxygen atoms in total. The molecule has 1 aliphatic carbocycles. The molecule has 1 saturated carbocycles. The molecule has 1 aromatic rings. The Hall–Kier alpha value is -0.940. The molecule has 20 heavy (non-hydrogen) atoms. The zero-order valence-corrected chi connectivity index (χ0v) is 12.3. The number of hydrogen-bond donors (Lipinski definition) is 1. The van der Waals surface area contributed by atoms with Gasteiger partial charge in [-0.25, -0.2) is 0 Å². The lowest BCUT2D eigenvalue weighted by Crippen LogP contribution is -2.31. The first kappa shape index (κ1) is 14.0. The van der Waals surface area contributed by atoms with Gasteiger partial charge in [-0.05, 0) is 31.7 Å². The van der Waals surface area contributed by atoms with E-state index in [-0.39, 0.29) is 0 Å². The van der Waals surface area contributed by atoms with Crippen LogP contribution in [0, 0.1) is 5.92 Å². The van der Waals surface area contributed by atoms with Crippen LogP contribution in [0.2, 0.25) is 0 Å². The quantitative estimate of drug-likeness (QED) is 0.896. The summed E-state index contributed by atoms with van der Waals surface area (Å²) in [6.45, 7) is 2.32. The van der Waals surface area contributed by atoms with Gasteiger partial charge >= 0.3 is 0 Å². The summed E-state index contributed by atoms with van der Waals surface area (Å²) < 4.78 is 5.10. The Morgan fingerprint density at radius 1 is 1.15 bits per heavy atom. The number of aromatic nitrogens is 2. The molecule has 112 valence electrons. The van der Waals surface area contributed by atoms with Crippen LogP contribution in [0.5, 0.6) is 0 Å².